The Morgan fingerprint density at radius 3 is 2.52 bits per heavy atom. The molecule has 0 fully saturated rings. The van der Waals surface area contributed by atoms with Crippen LogP contribution in [0.5, 0.6) is 11.5 Å². The number of ether oxygens (including phenoxy) is 2. The maximum Gasteiger partial charge on any atom is 0.153 e. The maximum atomic E-state index is 6.13. The number of hydrogen-bond acceptors (Lipinski definition) is 3. The largest absolute Gasteiger partial charge is 0.492 e. The van der Waals surface area contributed by atoms with Crippen LogP contribution < -0.4 is 9.47 Å². The van der Waals surface area contributed by atoms with Crippen molar-refractivity contribution in [3.63, 3.8) is 0 Å². The van der Waals surface area contributed by atoms with E-state index < -0.39 is 0 Å². The van der Waals surface area contributed by atoms with Crippen molar-refractivity contribution < 1.29 is 9.47 Å². The quantitative estimate of drug-likeness (QED) is 0.365. The monoisotopic (exact) mass is 406 g/mol. The molecule has 5 heteroatoms. The Balaban J connectivity index is 1.55. The Hall–Kier alpha value is -2.98. The summed E-state index contributed by atoms with van der Waals surface area (Å²) in [6.45, 7) is 5.18. The molecule has 0 amide bonds. The van der Waals surface area contributed by atoms with Crippen LogP contribution in [0, 0.1) is 6.92 Å². The second-order valence-electron chi connectivity index (χ2n) is 6.94. The van der Waals surface area contributed by atoms with Gasteiger partial charge in [-0.05, 0) is 61.9 Å². The molecule has 1 atom stereocenters. The zero-order valence-corrected chi connectivity index (χ0v) is 17.3. The average Bonchev–Trinajstić information content (AvgIpc) is 3.10. The Kier molecular flexibility index (Phi) is 5.72. The highest BCUT2D eigenvalue weighted by atomic mass is 35.5. The lowest BCUT2D eigenvalue weighted by atomic mass is 10.2. The van der Waals surface area contributed by atoms with E-state index in [1.165, 1.54) is 0 Å². The van der Waals surface area contributed by atoms with E-state index in [-0.39, 0.29) is 6.10 Å². The number of benzene rings is 3. The first-order valence-electron chi connectivity index (χ1n) is 9.67. The SMILES string of the molecule is Cc1cc(OCCn2c(C(C)Oc3ccccc3)nc3ccccc32)ccc1Cl. The second-order valence-corrected chi connectivity index (χ2v) is 7.35. The zero-order valence-electron chi connectivity index (χ0n) is 16.5. The first kappa shape index (κ1) is 19.3. The summed E-state index contributed by atoms with van der Waals surface area (Å²) in [5, 5.41) is 0.743. The predicted octanol–water partition coefficient (Wildman–Crippen LogP) is 6.22. The van der Waals surface area contributed by atoms with Crippen molar-refractivity contribution in [1.82, 2.24) is 9.55 Å². The maximum absolute atomic E-state index is 6.13. The summed E-state index contributed by atoms with van der Waals surface area (Å²) < 4.78 is 14.3. The van der Waals surface area contributed by atoms with Crippen molar-refractivity contribution in [3.05, 3.63) is 89.2 Å². The van der Waals surface area contributed by atoms with Gasteiger partial charge in [-0.1, -0.05) is 41.9 Å². The van der Waals surface area contributed by atoms with Gasteiger partial charge in [0, 0.05) is 5.02 Å². The van der Waals surface area contributed by atoms with E-state index in [2.05, 4.69) is 10.6 Å². The highest BCUT2D eigenvalue weighted by Crippen LogP contribution is 2.26. The van der Waals surface area contributed by atoms with Gasteiger partial charge in [-0.15, -0.1) is 0 Å². The summed E-state index contributed by atoms with van der Waals surface area (Å²) in [5.74, 6) is 2.52. The lowest BCUT2D eigenvalue weighted by Crippen LogP contribution is -2.15. The molecule has 3 aromatic carbocycles. The topological polar surface area (TPSA) is 36.3 Å². The van der Waals surface area contributed by atoms with Crippen molar-refractivity contribution in [2.24, 2.45) is 0 Å². The second kappa shape index (κ2) is 8.58. The fraction of sp³-hybridized carbons (Fsp3) is 0.208. The Labute approximate surface area is 175 Å². The molecule has 0 saturated carbocycles. The summed E-state index contributed by atoms with van der Waals surface area (Å²) in [5.41, 5.74) is 3.03. The van der Waals surface area contributed by atoms with E-state index in [9.17, 15) is 0 Å². The van der Waals surface area contributed by atoms with Crippen molar-refractivity contribution >= 4 is 22.6 Å². The first-order chi connectivity index (χ1) is 14.1. The van der Waals surface area contributed by atoms with Gasteiger partial charge in [0.05, 0.1) is 17.6 Å². The van der Waals surface area contributed by atoms with Crippen LogP contribution >= 0.6 is 11.6 Å². The third-order valence-electron chi connectivity index (χ3n) is 4.82. The van der Waals surface area contributed by atoms with Gasteiger partial charge >= 0.3 is 0 Å². The molecular weight excluding hydrogens is 384 g/mol. The van der Waals surface area contributed by atoms with Crippen LogP contribution in [0.25, 0.3) is 11.0 Å². The molecule has 4 nitrogen and oxygen atoms in total. The molecule has 0 N–H and O–H groups in total. The van der Waals surface area contributed by atoms with E-state index in [4.69, 9.17) is 26.1 Å². The highest BCUT2D eigenvalue weighted by molar-refractivity contribution is 6.31. The number of aromatic nitrogens is 2. The lowest BCUT2D eigenvalue weighted by Gasteiger charge is -2.17. The van der Waals surface area contributed by atoms with Crippen LogP contribution in [-0.2, 0) is 6.54 Å². The number of rotatable bonds is 7. The average molecular weight is 407 g/mol. The fourth-order valence-electron chi connectivity index (χ4n) is 3.36. The number of hydrogen-bond donors (Lipinski definition) is 0. The van der Waals surface area contributed by atoms with E-state index >= 15 is 0 Å². The number of nitrogens with zero attached hydrogens (tertiary/aromatic N) is 2. The summed E-state index contributed by atoms with van der Waals surface area (Å²) in [6, 6.07) is 23.6. The third kappa shape index (κ3) is 4.38. The molecule has 1 aromatic heterocycles. The van der Waals surface area contributed by atoms with Gasteiger partial charge in [0.25, 0.3) is 0 Å². The van der Waals surface area contributed by atoms with Crippen LogP contribution in [0.1, 0.15) is 24.4 Å². The molecule has 4 rings (SSSR count). The van der Waals surface area contributed by atoms with Crippen molar-refractivity contribution in [2.75, 3.05) is 6.61 Å². The minimum Gasteiger partial charge on any atom is -0.492 e. The number of para-hydroxylation sites is 3. The predicted molar refractivity (Wildman–Crippen MR) is 117 cm³/mol. The number of fused-ring (bicyclic) bond motifs is 1. The van der Waals surface area contributed by atoms with Gasteiger partial charge in [0.2, 0.25) is 0 Å². The standard InChI is InChI=1S/C24H23ClN2O2/c1-17-16-20(12-13-21(17)25)28-15-14-27-23-11-7-6-10-22(23)26-24(27)18(2)29-19-8-4-3-5-9-19/h3-13,16,18H,14-15H2,1-2H3. The molecule has 29 heavy (non-hydrogen) atoms. The van der Waals surface area contributed by atoms with Gasteiger partial charge in [0.15, 0.2) is 11.9 Å². The number of halogens is 1. The molecule has 0 spiro atoms. The van der Waals surface area contributed by atoms with Crippen molar-refractivity contribution in [3.8, 4) is 11.5 Å². The van der Waals surface area contributed by atoms with E-state index in [0.717, 1.165) is 38.9 Å². The number of aryl methyl sites for hydroxylation is 1. The minimum atomic E-state index is -0.192. The third-order valence-corrected chi connectivity index (χ3v) is 5.24. The normalized spacial score (nSPS) is 12.1. The summed E-state index contributed by atoms with van der Waals surface area (Å²) >= 11 is 6.10. The molecule has 4 aromatic rings. The first-order valence-corrected chi connectivity index (χ1v) is 10.1. The summed E-state index contributed by atoms with van der Waals surface area (Å²) in [4.78, 5) is 4.83. The Bertz CT molecular complexity index is 1110. The Morgan fingerprint density at radius 2 is 1.72 bits per heavy atom. The molecule has 0 aliphatic heterocycles. The van der Waals surface area contributed by atoms with Crippen LogP contribution in [-0.4, -0.2) is 16.2 Å². The van der Waals surface area contributed by atoms with Crippen LogP contribution in [0.2, 0.25) is 5.02 Å². The van der Waals surface area contributed by atoms with E-state index in [1.807, 2.05) is 80.6 Å². The molecule has 0 aliphatic carbocycles. The van der Waals surface area contributed by atoms with Crippen LogP contribution in [0.3, 0.4) is 0 Å². The molecule has 0 aliphatic rings. The fourth-order valence-corrected chi connectivity index (χ4v) is 3.47. The molecular formula is C24H23ClN2O2. The van der Waals surface area contributed by atoms with Gasteiger partial charge in [0.1, 0.15) is 18.1 Å². The van der Waals surface area contributed by atoms with E-state index in [0.29, 0.717) is 13.2 Å². The highest BCUT2D eigenvalue weighted by Gasteiger charge is 2.18. The van der Waals surface area contributed by atoms with Crippen molar-refractivity contribution in [1.29, 1.82) is 0 Å². The summed E-state index contributed by atoms with van der Waals surface area (Å²) in [7, 11) is 0. The van der Waals surface area contributed by atoms with Crippen LogP contribution in [0.4, 0.5) is 0 Å². The molecule has 1 heterocycles. The Morgan fingerprint density at radius 1 is 0.966 bits per heavy atom. The van der Waals surface area contributed by atoms with Gasteiger partial charge < -0.3 is 14.0 Å². The lowest BCUT2D eigenvalue weighted by molar-refractivity contribution is 0.207. The van der Waals surface area contributed by atoms with Gasteiger partial charge in [-0.2, -0.15) is 0 Å². The molecule has 0 bridgehead atoms. The minimum absolute atomic E-state index is 0.192. The molecule has 1 unspecified atom stereocenters. The zero-order chi connectivity index (χ0) is 20.2. The van der Waals surface area contributed by atoms with Gasteiger partial charge in [-0.25, -0.2) is 4.98 Å². The van der Waals surface area contributed by atoms with E-state index in [1.54, 1.807) is 0 Å². The molecule has 0 saturated heterocycles. The smallest absolute Gasteiger partial charge is 0.153 e. The van der Waals surface area contributed by atoms with Crippen molar-refractivity contribution in [2.45, 2.75) is 26.5 Å². The number of imidazole rings is 1. The molecule has 148 valence electrons. The van der Waals surface area contributed by atoms with Crippen LogP contribution in [0.15, 0.2) is 72.8 Å². The van der Waals surface area contributed by atoms with Gasteiger partial charge in [-0.3, -0.25) is 0 Å². The molecule has 0 radical (unpaired) electrons. The summed E-state index contributed by atoms with van der Waals surface area (Å²) in [6.07, 6.45) is -0.192.